The van der Waals surface area contributed by atoms with Crippen LogP contribution in [0.2, 0.25) is 0 Å². The van der Waals surface area contributed by atoms with E-state index in [2.05, 4.69) is 5.32 Å². The fraction of sp³-hybridized carbons (Fsp3) is 0.500. The van der Waals surface area contributed by atoms with Gasteiger partial charge in [0.25, 0.3) is 5.91 Å². The minimum atomic E-state index is -0.112. The molecule has 96 valence electrons. The number of aryl methyl sites for hydroxylation is 1. The Balaban J connectivity index is 2.11. The lowest BCUT2D eigenvalue weighted by Crippen LogP contribution is -2.44. The highest BCUT2D eigenvalue weighted by Crippen LogP contribution is 2.32. The van der Waals surface area contributed by atoms with Gasteiger partial charge in [-0.1, -0.05) is 12.1 Å². The van der Waals surface area contributed by atoms with Crippen LogP contribution in [0.5, 0.6) is 0 Å². The predicted octanol–water partition coefficient (Wildman–Crippen LogP) is 2.00. The van der Waals surface area contributed by atoms with Gasteiger partial charge in [-0.3, -0.25) is 4.79 Å². The van der Waals surface area contributed by atoms with Crippen LogP contribution >= 0.6 is 0 Å². The molecule has 18 heavy (non-hydrogen) atoms. The van der Waals surface area contributed by atoms with Gasteiger partial charge in [0.05, 0.1) is 11.6 Å². The second-order valence-corrected chi connectivity index (χ2v) is 5.01. The molecule has 0 unspecified atom stereocenters. The molecule has 1 aromatic carbocycles. The van der Waals surface area contributed by atoms with E-state index in [0.717, 1.165) is 36.2 Å². The Morgan fingerprint density at radius 3 is 3.06 bits per heavy atom. The number of hydrogen-bond donors (Lipinski definition) is 1. The molecule has 0 bridgehead atoms. The van der Waals surface area contributed by atoms with Crippen LogP contribution in [0.3, 0.4) is 0 Å². The van der Waals surface area contributed by atoms with Gasteiger partial charge >= 0.3 is 0 Å². The summed E-state index contributed by atoms with van der Waals surface area (Å²) in [6.07, 6.45) is 1.95. The number of carbonyl (C=O) groups is 1. The van der Waals surface area contributed by atoms with Crippen molar-refractivity contribution in [1.82, 2.24) is 4.90 Å². The standard InChI is InChI=1S/C14H18N2O2/c1-9-5-3-6-10-12(9)14(17)16-8-4-7-11(16)13(15-10)18-2/h3,5-6,11,13,15H,4,7-8H2,1-2H3/t11-,13-/m0/s1. The van der Waals surface area contributed by atoms with Crippen molar-refractivity contribution in [2.75, 3.05) is 19.0 Å². The molecular weight excluding hydrogens is 228 g/mol. The predicted molar refractivity (Wildman–Crippen MR) is 69.7 cm³/mol. The molecule has 1 amide bonds. The molecule has 0 aromatic heterocycles. The Bertz CT molecular complexity index is 487. The molecule has 2 aliphatic rings. The number of nitrogens with one attached hydrogen (secondary N) is 1. The lowest BCUT2D eigenvalue weighted by atomic mass is 10.1. The van der Waals surface area contributed by atoms with Crippen molar-refractivity contribution in [3.63, 3.8) is 0 Å². The first-order chi connectivity index (χ1) is 8.72. The highest BCUT2D eigenvalue weighted by Gasteiger charge is 2.39. The molecule has 0 radical (unpaired) electrons. The topological polar surface area (TPSA) is 41.6 Å². The summed E-state index contributed by atoms with van der Waals surface area (Å²) in [6, 6.07) is 6.05. The molecule has 3 rings (SSSR count). The van der Waals surface area contributed by atoms with Crippen molar-refractivity contribution in [1.29, 1.82) is 0 Å². The first kappa shape index (κ1) is 11.5. The van der Waals surface area contributed by atoms with Crippen LogP contribution in [0.4, 0.5) is 5.69 Å². The van der Waals surface area contributed by atoms with E-state index in [4.69, 9.17) is 4.74 Å². The number of nitrogens with zero attached hydrogens (tertiary/aromatic N) is 1. The van der Waals surface area contributed by atoms with E-state index >= 15 is 0 Å². The molecule has 0 spiro atoms. The van der Waals surface area contributed by atoms with Crippen molar-refractivity contribution in [2.24, 2.45) is 0 Å². The second kappa shape index (κ2) is 4.28. The van der Waals surface area contributed by atoms with Crippen molar-refractivity contribution >= 4 is 11.6 Å². The summed E-state index contributed by atoms with van der Waals surface area (Å²) in [5, 5.41) is 3.37. The Kier molecular flexibility index (Phi) is 2.74. The van der Waals surface area contributed by atoms with E-state index in [-0.39, 0.29) is 18.2 Å². The Hall–Kier alpha value is -1.55. The number of fused-ring (bicyclic) bond motifs is 2. The molecule has 4 heteroatoms. The van der Waals surface area contributed by atoms with Crippen molar-refractivity contribution in [3.05, 3.63) is 29.3 Å². The first-order valence-corrected chi connectivity index (χ1v) is 6.42. The number of hydrogen-bond acceptors (Lipinski definition) is 3. The van der Waals surface area contributed by atoms with E-state index in [1.165, 1.54) is 0 Å². The summed E-state index contributed by atoms with van der Waals surface area (Å²) in [5.41, 5.74) is 2.71. The van der Waals surface area contributed by atoms with Crippen LogP contribution in [0.15, 0.2) is 18.2 Å². The van der Waals surface area contributed by atoms with Crippen LogP contribution in [0.25, 0.3) is 0 Å². The third-order valence-electron chi connectivity index (χ3n) is 3.95. The second-order valence-electron chi connectivity index (χ2n) is 5.01. The summed E-state index contributed by atoms with van der Waals surface area (Å²) >= 11 is 0. The monoisotopic (exact) mass is 246 g/mol. The quantitative estimate of drug-likeness (QED) is 0.824. The summed E-state index contributed by atoms with van der Waals surface area (Å²) in [5.74, 6) is 0.137. The third-order valence-corrected chi connectivity index (χ3v) is 3.95. The zero-order valence-corrected chi connectivity index (χ0v) is 10.8. The molecule has 1 aromatic rings. The summed E-state index contributed by atoms with van der Waals surface area (Å²) in [4.78, 5) is 14.6. The van der Waals surface area contributed by atoms with Gasteiger partial charge in [0.2, 0.25) is 0 Å². The Morgan fingerprint density at radius 2 is 2.28 bits per heavy atom. The lowest BCUT2D eigenvalue weighted by molar-refractivity contribution is 0.0420. The van der Waals surface area contributed by atoms with Gasteiger partial charge in [0, 0.05) is 19.3 Å². The van der Waals surface area contributed by atoms with Crippen LogP contribution in [-0.4, -0.2) is 36.7 Å². The van der Waals surface area contributed by atoms with Crippen LogP contribution in [-0.2, 0) is 4.74 Å². The number of rotatable bonds is 1. The maximum absolute atomic E-state index is 12.6. The molecular formula is C14H18N2O2. The molecule has 1 saturated heterocycles. The Morgan fingerprint density at radius 1 is 1.44 bits per heavy atom. The van der Waals surface area contributed by atoms with E-state index in [1.807, 2.05) is 30.0 Å². The molecule has 1 N–H and O–H groups in total. The van der Waals surface area contributed by atoms with Gasteiger partial charge in [-0.05, 0) is 31.4 Å². The lowest BCUT2D eigenvalue weighted by Gasteiger charge is -2.28. The van der Waals surface area contributed by atoms with Gasteiger partial charge in [-0.2, -0.15) is 0 Å². The highest BCUT2D eigenvalue weighted by atomic mass is 16.5. The van der Waals surface area contributed by atoms with Crippen LogP contribution in [0, 0.1) is 6.92 Å². The molecule has 2 atom stereocenters. The number of ether oxygens (including phenoxy) is 1. The fourth-order valence-electron chi connectivity index (χ4n) is 3.04. The minimum Gasteiger partial charge on any atom is -0.360 e. The molecule has 0 aliphatic carbocycles. The fourth-order valence-corrected chi connectivity index (χ4v) is 3.04. The van der Waals surface area contributed by atoms with Gasteiger partial charge in [0.15, 0.2) is 0 Å². The molecule has 1 fully saturated rings. The average molecular weight is 246 g/mol. The number of benzene rings is 1. The van der Waals surface area contributed by atoms with Crippen molar-refractivity contribution in [2.45, 2.75) is 32.0 Å². The molecule has 4 nitrogen and oxygen atoms in total. The smallest absolute Gasteiger partial charge is 0.256 e. The summed E-state index contributed by atoms with van der Waals surface area (Å²) in [7, 11) is 1.69. The number of carbonyl (C=O) groups excluding carboxylic acids is 1. The average Bonchev–Trinajstić information content (AvgIpc) is 2.80. The van der Waals surface area contributed by atoms with E-state index in [1.54, 1.807) is 7.11 Å². The van der Waals surface area contributed by atoms with Gasteiger partial charge in [-0.15, -0.1) is 0 Å². The zero-order chi connectivity index (χ0) is 12.7. The van der Waals surface area contributed by atoms with Crippen LogP contribution < -0.4 is 5.32 Å². The number of anilines is 1. The molecule has 0 saturated carbocycles. The third kappa shape index (κ3) is 1.60. The SMILES string of the molecule is CO[C@@H]1Nc2cccc(C)c2C(=O)N2CCC[C@@H]12. The van der Waals surface area contributed by atoms with Crippen LogP contribution in [0.1, 0.15) is 28.8 Å². The van der Waals surface area contributed by atoms with Gasteiger partial charge in [-0.25, -0.2) is 0 Å². The number of methoxy groups -OCH3 is 1. The first-order valence-electron chi connectivity index (χ1n) is 6.42. The van der Waals surface area contributed by atoms with E-state index < -0.39 is 0 Å². The van der Waals surface area contributed by atoms with Crippen molar-refractivity contribution < 1.29 is 9.53 Å². The summed E-state index contributed by atoms with van der Waals surface area (Å²) < 4.78 is 5.53. The number of amides is 1. The normalized spacial score (nSPS) is 26.3. The zero-order valence-electron chi connectivity index (χ0n) is 10.8. The molecule has 2 heterocycles. The van der Waals surface area contributed by atoms with E-state index in [0.29, 0.717) is 0 Å². The maximum atomic E-state index is 12.6. The largest absolute Gasteiger partial charge is 0.360 e. The highest BCUT2D eigenvalue weighted by molar-refractivity contribution is 6.02. The van der Waals surface area contributed by atoms with Gasteiger partial charge < -0.3 is 15.0 Å². The Labute approximate surface area is 107 Å². The van der Waals surface area contributed by atoms with E-state index in [9.17, 15) is 4.79 Å². The summed E-state index contributed by atoms with van der Waals surface area (Å²) in [6.45, 7) is 2.81. The maximum Gasteiger partial charge on any atom is 0.256 e. The molecule has 2 aliphatic heterocycles. The van der Waals surface area contributed by atoms with Crippen molar-refractivity contribution in [3.8, 4) is 0 Å². The van der Waals surface area contributed by atoms with Gasteiger partial charge in [0.1, 0.15) is 6.23 Å². The minimum absolute atomic E-state index is 0.112.